The largest absolute Gasteiger partial charge is 0.395 e. The van der Waals surface area contributed by atoms with Crippen LogP contribution in [0.2, 0.25) is 0 Å². The smallest absolute Gasteiger partial charge is 0.274 e. The van der Waals surface area contributed by atoms with Gasteiger partial charge in [0.1, 0.15) is 5.69 Å². The summed E-state index contributed by atoms with van der Waals surface area (Å²) in [6.45, 7) is 4.51. The quantitative estimate of drug-likeness (QED) is 0.774. The van der Waals surface area contributed by atoms with Crippen LogP contribution in [0.25, 0.3) is 0 Å². The van der Waals surface area contributed by atoms with Crippen molar-refractivity contribution in [1.29, 1.82) is 0 Å². The molecule has 0 unspecified atom stereocenters. The molecule has 0 aliphatic heterocycles. The highest BCUT2D eigenvalue weighted by Crippen LogP contribution is 2.08. The second-order valence-corrected chi connectivity index (χ2v) is 4.33. The van der Waals surface area contributed by atoms with Gasteiger partial charge in [-0.2, -0.15) is 5.10 Å². The number of hydrogen-bond donors (Lipinski definition) is 2. The number of likely N-dealkylation sites (N-methyl/N-ethyl adjacent to an activating group) is 1. The number of amides is 1. The molecule has 16 heavy (non-hydrogen) atoms. The third-order valence-electron chi connectivity index (χ3n) is 2.26. The molecule has 1 aromatic rings. The Morgan fingerprint density at radius 2 is 2.31 bits per heavy atom. The molecule has 0 radical (unpaired) electrons. The van der Waals surface area contributed by atoms with Crippen molar-refractivity contribution in [2.24, 2.45) is 5.92 Å². The van der Waals surface area contributed by atoms with Gasteiger partial charge in [-0.05, 0) is 18.4 Å². The lowest BCUT2D eigenvalue weighted by molar-refractivity contribution is 0.0761. The molecule has 5 nitrogen and oxygen atoms in total. The Hall–Kier alpha value is -1.36. The topological polar surface area (TPSA) is 69.2 Å². The van der Waals surface area contributed by atoms with Crippen molar-refractivity contribution < 1.29 is 9.90 Å². The highest BCUT2D eigenvalue weighted by molar-refractivity contribution is 5.92. The fraction of sp³-hybridized carbons (Fsp3) is 0.636. The van der Waals surface area contributed by atoms with E-state index in [4.69, 9.17) is 5.11 Å². The highest BCUT2D eigenvalue weighted by Gasteiger charge is 2.14. The number of rotatable bonds is 5. The van der Waals surface area contributed by atoms with Crippen LogP contribution in [0.1, 0.15) is 30.0 Å². The van der Waals surface area contributed by atoms with Gasteiger partial charge in [0.25, 0.3) is 5.91 Å². The van der Waals surface area contributed by atoms with Crippen molar-refractivity contribution in [1.82, 2.24) is 15.1 Å². The van der Waals surface area contributed by atoms with E-state index in [9.17, 15) is 4.79 Å². The second-order valence-electron chi connectivity index (χ2n) is 4.33. The van der Waals surface area contributed by atoms with Crippen LogP contribution in [0, 0.1) is 5.92 Å². The third-order valence-corrected chi connectivity index (χ3v) is 2.26. The van der Waals surface area contributed by atoms with Gasteiger partial charge < -0.3 is 10.0 Å². The Balaban J connectivity index is 2.66. The molecule has 0 spiro atoms. The van der Waals surface area contributed by atoms with Gasteiger partial charge in [-0.1, -0.05) is 13.8 Å². The molecule has 1 heterocycles. The molecule has 0 bridgehead atoms. The summed E-state index contributed by atoms with van der Waals surface area (Å²) in [6.07, 6.45) is 0.879. The normalized spacial score (nSPS) is 10.8. The number of nitrogens with zero attached hydrogens (tertiary/aromatic N) is 2. The molecule has 1 aromatic heterocycles. The number of aliphatic hydroxyl groups is 1. The second kappa shape index (κ2) is 5.65. The van der Waals surface area contributed by atoms with Crippen LogP contribution in [0.5, 0.6) is 0 Å². The van der Waals surface area contributed by atoms with Gasteiger partial charge in [0.2, 0.25) is 0 Å². The number of carbonyl (C=O) groups is 1. The molecule has 2 N–H and O–H groups in total. The Morgan fingerprint density at radius 1 is 1.62 bits per heavy atom. The van der Waals surface area contributed by atoms with E-state index in [2.05, 4.69) is 24.0 Å². The van der Waals surface area contributed by atoms with Crippen molar-refractivity contribution in [3.05, 3.63) is 17.5 Å². The summed E-state index contributed by atoms with van der Waals surface area (Å²) in [4.78, 5) is 13.2. The number of hydrogen-bond acceptors (Lipinski definition) is 3. The zero-order chi connectivity index (χ0) is 12.1. The molecule has 0 atom stereocenters. The SMILES string of the molecule is CC(C)Cc1cc(C(=O)N(C)CCO)n[nH]1. The van der Waals surface area contributed by atoms with E-state index in [0.717, 1.165) is 12.1 Å². The first-order chi connectivity index (χ1) is 7.54. The van der Waals surface area contributed by atoms with Crippen LogP contribution in [-0.4, -0.2) is 46.3 Å². The van der Waals surface area contributed by atoms with Crippen LogP contribution in [0.3, 0.4) is 0 Å². The predicted octanol–water partition coefficient (Wildman–Crippen LogP) is 0.672. The fourth-order valence-corrected chi connectivity index (χ4v) is 1.46. The Kier molecular flexibility index (Phi) is 4.49. The molecule has 0 aliphatic carbocycles. The van der Waals surface area contributed by atoms with E-state index < -0.39 is 0 Å². The monoisotopic (exact) mass is 225 g/mol. The zero-order valence-corrected chi connectivity index (χ0v) is 10.0. The van der Waals surface area contributed by atoms with Crippen molar-refractivity contribution in [2.45, 2.75) is 20.3 Å². The van der Waals surface area contributed by atoms with E-state index in [0.29, 0.717) is 18.2 Å². The number of aliphatic hydroxyl groups excluding tert-OH is 1. The summed E-state index contributed by atoms with van der Waals surface area (Å²) in [7, 11) is 1.65. The van der Waals surface area contributed by atoms with Crippen LogP contribution < -0.4 is 0 Å². The Bertz CT molecular complexity index is 347. The first-order valence-corrected chi connectivity index (χ1v) is 5.45. The van der Waals surface area contributed by atoms with Crippen molar-refractivity contribution in [2.75, 3.05) is 20.2 Å². The first-order valence-electron chi connectivity index (χ1n) is 5.45. The van der Waals surface area contributed by atoms with Gasteiger partial charge >= 0.3 is 0 Å². The number of nitrogens with one attached hydrogen (secondary N) is 1. The van der Waals surface area contributed by atoms with Crippen molar-refractivity contribution in [3.8, 4) is 0 Å². The standard InChI is InChI=1S/C11H19N3O2/c1-8(2)6-9-7-10(13-12-9)11(16)14(3)4-5-15/h7-8,15H,4-6H2,1-3H3,(H,12,13). The van der Waals surface area contributed by atoms with E-state index >= 15 is 0 Å². The Morgan fingerprint density at radius 3 is 2.88 bits per heavy atom. The van der Waals surface area contributed by atoms with Gasteiger partial charge in [0.05, 0.1) is 6.61 Å². The maximum atomic E-state index is 11.8. The minimum absolute atomic E-state index is 0.0362. The summed E-state index contributed by atoms with van der Waals surface area (Å²) < 4.78 is 0. The molecule has 1 amide bonds. The zero-order valence-electron chi connectivity index (χ0n) is 10.0. The summed E-state index contributed by atoms with van der Waals surface area (Å²) in [6, 6.07) is 1.77. The lowest BCUT2D eigenvalue weighted by atomic mass is 10.1. The van der Waals surface area contributed by atoms with Crippen LogP contribution in [0.4, 0.5) is 0 Å². The van der Waals surface area contributed by atoms with Crippen LogP contribution in [0.15, 0.2) is 6.07 Å². The Labute approximate surface area is 95.5 Å². The van der Waals surface area contributed by atoms with Gasteiger partial charge in [-0.15, -0.1) is 0 Å². The molecule has 0 saturated carbocycles. The molecule has 0 saturated heterocycles. The molecule has 0 aromatic carbocycles. The van der Waals surface area contributed by atoms with Crippen LogP contribution in [-0.2, 0) is 6.42 Å². The molecular formula is C11H19N3O2. The number of aromatic nitrogens is 2. The maximum absolute atomic E-state index is 11.8. The minimum atomic E-state index is -0.166. The highest BCUT2D eigenvalue weighted by atomic mass is 16.3. The number of H-pyrrole nitrogens is 1. The van der Waals surface area contributed by atoms with Crippen molar-refractivity contribution >= 4 is 5.91 Å². The summed E-state index contributed by atoms with van der Waals surface area (Å²) in [5.74, 6) is 0.360. The maximum Gasteiger partial charge on any atom is 0.274 e. The lowest BCUT2D eigenvalue weighted by Crippen LogP contribution is -2.29. The summed E-state index contributed by atoms with van der Waals surface area (Å²) >= 11 is 0. The van der Waals surface area contributed by atoms with Gasteiger partial charge in [-0.3, -0.25) is 9.89 Å². The number of aromatic amines is 1. The van der Waals surface area contributed by atoms with Gasteiger partial charge in [-0.25, -0.2) is 0 Å². The molecule has 0 fully saturated rings. The van der Waals surface area contributed by atoms with E-state index in [1.807, 2.05) is 0 Å². The first kappa shape index (κ1) is 12.7. The van der Waals surface area contributed by atoms with Crippen LogP contribution >= 0.6 is 0 Å². The molecule has 90 valence electrons. The average Bonchev–Trinajstić information content (AvgIpc) is 2.64. The van der Waals surface area contributed by atoms with Crippen molar-refractivity contribution in [3.63, 3.8) is 0 Å². The van der Waals surface area contributed by atoms with Gasteiger partial charge in [0, 0.05) is 19.3 Å². The number of carbonyl (C=O) groups excluding carboxylic acids is 1. The predicted molar refractivity (Wildman–Crippen MR) is 61.2 cm³/mol. The molecular weight excluding hydrogens is 206 g/mol. The summed E-state index contributed by atoms with van der Waals surface area (Å²) in [5.41, 5.74) is 1.38. The average molecular weight is 225 g/mol. The van der Waals surface area contributed by atoms with E-state index in [-0.39, 0.29) is 12.5 Å². The fourth-order valence-electron chi connectivity index (χ4n) is 1.46. The summed E-state index contributed by atoms with van der Waals surface area (Å²) in [5, 5.41) is 15.6. The minimum Gasteiger partial charge on any atom is -0.395 e. The lowest BCUT2D eigenvalue weighted by Gasteiger charge is -2.13. The van der Waals surface area contributed by atoms with E-state index in [1.165, 1.54) is 4.90 Å². The molecule has 1 rings (SSSR count). The third kappa shape index (κ3) is 3.34. The van der Waals surface area contributed by atoms with E-state index in [1.54, 1.807) is 13.1 Å². The van der Waals surface area contributed by atoms with Gasteiger partial charge in [0.15, 0.2) is 0 Å². The molecule has 5 heteroatoms. The molecule has 0 aliphatic rings.